The van der Waals surface area contributed by atoms with Crippen LogP contribution in [-0.4, -0.2) is 22.8 Å². The molecule has 2 amide bonds. The summed E-state index contributed by atoms with van der Waals surface area (Å²) in [6.45, 7) is 3.88. The molecule has 1 atom stereocenters. The van der Waals surface area contributed by atoms with Crippen molar-refractivity contribution in [3.05, 3.63) is 28.5 Å². The summed E-state index contributed by atoms with van der Waals surface area (Å²) in [5.74, 6) is -0.481. The maximum Gasteiger partial charge on any atom is 0.240 e. The molecule has 5 nitrogen and oxygen atoms in total. The largest absolute Gasteiger partial charge is 0.368 e. The number of nitrogens with two attached hydrogens (primary N) is 1. The normalized spacial score (nSPS) is 12.2. The lowest BCUT2D eigenvalue weighted by Crippen LogP contribution is -2.46. The molecule has 0 bridgehead atoms. The third-order valence-electron chi connectivity index (χ3n) is 2.53. The maximum absolute atomic E-state index is 11.7. The number of aromatic nitrogens is 1. The highest BCUT2D eigenvalue weighted by atomic mass is 79.9. The SMILES string of the molecule is CC(C)CC(=O)N[C@H](Cc1cccnc1Br)C(N)=O. The predicted octanol–water partition coefficient (Wildman–Crippen LogP) is 1.40. The lowest BCUT2D eigenvalue weighted by Gasteiger charge is -2.16. The number of amides is 2. The van der Waals surface area contributed by atoms with E-state index >= 15 is 0 Å². The van der Waals surface area contributed by atoms with E-state index in [1.807, 2.05) is 19.9 Å². The van der Waals surface area contributed by atoms with Crippen molar-refractivity contribution in [2.24, 2.45) is 11.7 Å². The van der Waals surface area contributed by atoms with E-state index < -0.39 is 11.9 Å². The highest BCUT2D eigenvalue weighted by molar-refractivity contribution is 9.10. The number of rotatable bonds is 6. The van der Waals surface area contributed by atoms with Gasteiger partial charge in [-0.15, -0.1) is 0 Å². The molecule has 19 heavy (non-hydrogen) atoms. The van der Waals surface area contributed by atoms with Gasteiger partial charge in [0.05, 0.1) is 0 Å². The Morgan fingerprint density at radius 3 is 2.68 bits per heavy atom. The van der Waals surface area contributed by atoms with Crippen LogP contribution >= 0.6 is 15.9 Å². The summed E-state index contributed by atoms with van der Waals surface area (Å²) in [5.41, 5.74) is 6.15. The average Bonchev–Trinajstić information content (AvgIpc) is 2.29. The Hall–Kier alpha value is -1.43. The van der Waals surface area contributed by atoms with Crippen LogP contribution in [0.25, 0.3) is 0 Å². The molecule has 3 N–H and O–H groups in total. The number of carbonyl (C=O) groups is 2. The second-order valence-electron chi connectivity index (χ2n) is 4.78. The minimum absolute atomic E-state index is 0.168. The van der Waals surface area contributed by atoms with Gasteiger partial charge in [-0.2, -0.15) is 0 Å². The summed E-state index contributed by atoms with van der Waals surface area (Å²) in [6.07, 6.45) is 2.34. The van der Waals surface area contributed by atoms with Crippen molar-refractivity contribution in [1.29, 1.82) is 0 Å². The van der Waals surface area contributed by atoms with E-state index in [2.05, 4.69) is 26.2 Å². The van der Waals surface area contributed by atoms with E-state index in [4.69, 9.17) is 5.73 Å². The molecule has 0 fully saturated rings. The molecule has 0 aliphatic heterocycles. The fourth-order valence-electron chi connectivity index (χ4n) is 1.64. The molecule has 0 saturated heterocycles. The quantitative estimate of drug-likeness (QED) is 0.774. The van der Waals surface area contributed by atoms with E-state index in [0.29, 0.717) is 17.4 Å². The van der Waals surface area contributed by atoms with Crippen molar-refractivity contribution in [3.63, 3.8) is 0 Å². The van der Waals surface area contributed by atoms with E-state index in [0.717, 1.165) is 5.56 Å². The van der Waals surface area contributed by atoms with Gasteiger partial charge in [0.15, 0.2) is 0 Å². The lowest BCUT2D eigenvalue weighted by atomic mass is 10.1. The second kappa shape index (κ2) is 7.23. The van der Waals surface area contributed by atoms with Gasteiger partial charge < -0.3 is 11.1 Å². The van der Waals surface area contributed by atoms with Gasteiger partial charge >= 0.3 is 0 Å². The minimum Gasteiger partial charge on any atom is -0.368 e. The molecule has 104 valence electrons. The zero-order valence-electron chi connectivity index (χ0n) is 11.0. The van der Waals surface area contributed by atoms with Crippen molar-refractivity contribution < 1.29 is 9.59 Å². The molecule has 0 aliphatic carbocycles. The van der Waals surface area contributed by atoms with Crippen LogP contribution in [0.1, 0.15) is 25.8 Å². The fraction of sp³-hybridized carbons (Fsp3) is 0.462. The van der Waals surface area contributed by atoms with Crippen LogP contribution in [0.2, 0.25) is 0 Å². The van der Waals surface area contributed by atoms with Gasteiger partial charge in [0.25, 0.3) is 0 Å². The number of halogens is 1. The summed E-state index contributed by atoms with van der Waals surface area (Å²) >= 11 is 3.30. The van der Waals surface area contributed by atoms with Crippen LogP contribution in [0.3, 0.4) is 0 Å². The Morgan fingerprint density at radius 2 is 2.16 bits per heavy atom. The van der Waals surface area contributed by atoms with Crippen molar-refractivity contribution in [3.8, 4) is 0 Å². The molecule has 1 rings (SSSR count). The summed E-state index contributed by atoms with van der Waals surface area (Å²) in [5, 5.41) is 2.66. The first kappa shape index (κ1) is 15.6. The van der Waals surface area contributed by atoms with Crippen molar-refractivity contribution >= 4 is 27.7 Å². The van der Waals surface area contributed by atoms with Gasteiger partial charge in [0.2, 0.25) is 11.8 Å². The van der Waals surface area contributed by atoms with Crippen molar-refractivity contribution in [1.82, 2.24) is 10.3 Å². The molecule has 6 heteroatoms. The van der Waals surface area contributed by atoms with Gasteiger partial charge in [0, 0.05) is 19.0 Å². The van der Waals surface area contributed by atoms with Gasteiger partial charge in [-0.05, 0) is 33.5 Å². The van der Waals surface area contributed by atoms with Crippen molar-refractivity contribution in [2.75, 3.05) is 0 Å². The number of hydrogen-bond acceptors (Lipinski definition) is 3. The lowest BCUT2D eigenvalue weighted by molar-refractivity contribution is -0.127. The van der Waals surface area contributed by atoms with Gasteiger partial charge in [-0.25, -0.2) is 4.98 Å². The minimum atomic E-state index is -0.716. The van der Waals surface area contributed by atoms with E-state index in [9.17, 15) is 9.59 Å². The number of primary amides is 1. The Bertz CT molecular complexity index is 463. The van der Waals surface area contributed by atoms with Gasteiger partial charge in [-0.1, -0.05) is 19.9 Å². The average molecular weight is 328 g/mol. The molecule has 0 radical (unpaired) electrons. The van der Waals surface area contributed by atoms with Gasteiger partial charge in [0.1, 0.15) is 10.6 Å². The molecule has 0 spiro atoms. The van der Waals surface area contributed by atoms with Crippen LogP contribution < -0.4 is 11.1 Å². The molecular formula is C13H18BrN3O2. The van der Waals surface area contributed by atoms with Gasteiger partial charge in [-0.3, -0.25) is 9.59 Å². The zero-order chi connectivity index (χ0) is 14.4. The Labute approximate surface area is 121 Å². The number of nitrogens with zero attached hydrogens (tertiary/aromatic N) is 1. The van der Waals surface area contributed by atoms with E-state index in [1.165, 1.54) is 0 Å². The van der Waals surface area contributed by atoms with Crippen LogP contribution in [0, 0.1) is 5.92 Å². The summed E-state index contributed by atoms with van der Waals surface area (Å²) < 4.78 is 0.652. The smallest absolute Gasteiger partial charge is 0.240 e. The number of carbonyl (C=O) groups excluding carboxylic acids is 2. The highest BCUT2D eigenvalue weighted by Gasteiger charge is 2.20. The topological polar surface area (TPSA) is 85.1 Å². The number of hydrogen-bond donors (Lipinski definition) is 2. The van der Waals surface area contributed by atoms with Crippen LogP contribution in [0.5, 0.6) is 0 Å². The predicted molar refractivity (Wildman–Crippen MR) is 76.2 cm³/mol. The third kappa shape index (κ3) is 5.38. The number of pyridine rings is 1. The standard InChI is InChI=1S/C13H18BrN3O2/c1-8(2)6-11(18)17-10(13(15)19)7-9-4-3-5-16-12(9)14/h3-5,8,10H,6-7H2,1-2H3,(H2,15,19)(H,17,18)/t10-/m1/s1. The van der Waals surface area contributed by atoms with Crippen LogP contribution in [0.4, 0.5) is 0 Å². The Kier molecular flexibility index (Phi) is 5.95. The fourth-order valence-corrected chi connectivity index (χ4v) is 2.05. The van der Waals surface area contributed by atoms with Crippen molar-refractivity contribution in [2.45, 2.75) is 32.7 Å². The second-order valence-corrected chi connectivity index (χ2v) is 5.53. The molecule has 0 unspecified atom stereocenters. The first-order valence-corrected chi connectivity index (χ1v) is 6.87. The van der Waals surface area contributed by atoms with Crippen LogP contribution in [0.15, 0.2) is 22.9 Å². The molecule has 1 heterocycles. The Morgan fingerprint density at radius 1 is 1.47 bits per heavy atom. The third-order valence-corrected chi connectivity index (χ3v) is 3.25. The summed E-state index contributed by atoms with van der Waals surface area (Å²) in [7, 11) is 0. The molecule has 0 aliphatic rings. The molecule has 1 aromatic heterocycles. The highest BCUT2D eigenvalue weighted by Crippen LogP contribution is 2.14. The summed E-state index contributed by atoms with van der Waals surface area (Å²) in [6, 6.07) is 2.89. The first-order valence-electron chi connectivity index (χ1n) is 6.08. The van der Waals surface area contributed by atoms with Crippen LogP contribution in [-0.2, 0) is 16.0 Å². The monoisotopic (exact) mass is 327 g/mol. The summed E-state index contributed by atoms with van der Waals surface area (Å²) in [4.78, 5) is 27.2. The Balaban J connectivity index is 2.71. The molecule has 0 saturated carbocycles. The number of nitrogens with one attached hydrogen (secondary N) is 1. The van der Waals surface area contributed by atoms with E-state index in [-0.39, 0.29) is 11.8 Å². The van der Waals surface area contributed by atoms with E-state index in [1.54, 1.807) is 12.3 Å². The first-order chi connectivity index (χ1) is 8.90. The molecule has 0 aromatic carbocycles. The maximum atomic E-state index is 11.7. The molecular weight excluding hydrogens is 310 g/mol. The zero-order valence-corrected chi connectivity index (χ0v) is 12.6. The molecule has 1 aromatic rings.